The molecule has 0 bridgehead atoms. The minimum atomic E-state index is -0.592. The Labute approximate surface area is 99.1 Å². The zero-order valence-electron chi connectivity index (χ0n) is 9.69. The lowest BCUT2D eigenvalue weighted by Gasteiger charge is -2.56. The van der Waals surface area contributed by atoms with Gasteiger partial charge in [-0.15, -0.1) is 0 Å². The maximum atomic E-state index is 12.1. The van der Waals surface area contributed by atoms with Crippen LogP contribution in [0.3, 0.4) is 0 Å². The Kier molecular flexibility index (Phi) is 2.27. The van der Waals surface area contributed by atoms with E-state index < -0.39 is 5.41 Å². The van der Waals surface area contributed by atoms with Crippen molar-refractivity contribution in [3.05, 3.63) is 24.0 Å². The summed E-state index contributed by atoms with van der Waals surface area (Å²) < 4.78 is 15.6. The molecule has 2 aliphatic heterocycles. The highest BCUT2D eigenvalue weighted by molar-refractivity contribution is 5.81. The largest absolute Gasteiger partial charge is 0.468 e. The molecule has 2 aliphatic rings. The molecule has 2 fully saturated rings. The quantitative estimate of drug-likeness (QED) is 0.776. The lowest BCUT2D eigenvalue weighted by Crippen LogP contribution is -2.70. The fourth-order valence-electron chi connectivity index (χ4n) is 2.71. The molecule has 1 N–H and O–H groups in total. The van der Waals surface area contributed by atoms with Crippen molar-refractivity contribution in [2.45, 2.75) is 5.41 Å². The number of rotatable bonds is 3. The van der Waals surface area contributed by atoms with Crippen molar-refractivity contribution in [3.8, 4) is 0 Å². The van der Waals surface area contributed by atoms with E-state index in [1.54, 1.807) is 0 Å². The van der Waals surface area contributed by atoms with Gasteiger partial charge < -0.3 is 19.2 Å². The fourth-order valence-corrected chi connectivity index (χ4v) is 2.71. The first-order valence-corrected chi connectivity index (χ1v) is 5.63. The molecule has 0 aromatic carbocycles. The molecule has 0 amide bonds. The summed E-state index contributed by atoms with van der Waals surface area (Å²) in [5, 5.41) is 0. The number of hydrogen-bond acceptors (Lipinski definition) is 4. The highest BCUT2D eigenvalue weighted by Crippen LogP contribution is 2.51. The smallest absolute Gasteiger partial charge is 0.317 e. The van der Waals surface area contributed by atoms with Gasteiger partial charge in [0.05, 0.1) is 39.0 Å². The van der Waals surface area contributed by atoms with Crippen molar-refractivity contribution in [1.29, 1.82) is 0 Å². The number of esters is 1. The molecule has 0 unspecified atom stereocenters. The van der Waals surface area contributed by atoms with Crippen LogP contribution < -0.4 is 0 Å². The SMILES string of the molecule is COC(=O)C1(C2(c3ccc[nH]3)COC2)COC1. The van der Waals surface area contributed by atoms with Gasteiger partial charge in [0.25, 0.3) is 0 Å². The summed E-state index contributed by atoms with van der Waals surface area (Å²) in [6, 6.07) is 3.92. The van der Waals surface area contributed by atoms with Gasteiger partial charge in [0, 0.05) is 11.9 Å². The number of aromatic nitrogens is 1. The Morgan fingerprint density at radius 3 is 2.41 bits per heavy atom. The molecule has 92 valence electrons. The van der Waals surface area contributed by atoms with Crippen LogP contribution in [0.2, 0.25) is 0 Å². The molecular formula is C12H15NO4. The summed E-state index contributed by atoms with van der Waals surface area (Å²) >= 11 is 0. The van der Waals surface area contributed by atoms with Crippen LogP contribution in [0.25, 0.3) is 0 Å². The number of aromatic amines is 1. The maximum absolute atomic E-state index is 12.1. The monoisotopic (exact) mass is 237 g/mol. The first kappa shape index (κ1) is 10.8. The molecule has 3 rings (SSSR count). The van der Waals surface area contributed by atoms with Gasteiger partial charge >= 0.3 is 5.97 Å². The summed E-state index contributed by atoms with van der Waals surface area (Å²) in [4.78, 5) is 15.3. The normalized spacial score (nSPS) is 24.5. The number of nitrogens with one attached hydrogen (secondary N) is 1. The molecule has 2 saturated heterocycles. The fraction of sp³-hybridized carbons (Fsp3) is 0.583. The highest BCUT2D eigenvalue weighted by Gasteiger charge is 2.66. The highest BCUT2D eigenvalue weighted by atomic mass is 16.6. The van der Waals surface area contributed by atoms with E-state index in [0.717, 1.165) is 5.69 Å². The lowest BCUT2D eigenvalue weighted by molar-refractivity contribution is -0.239. The topological polar surface area (TPSA) is 60.6 Å². The van der Waals surface area contributed by atoms with Crippen molar-refractivity contribution in [3.63, 3.8) is 0 Å². The molecule has 0 aliphatic carbocycles. The minimum absolute atomic E-state index is 0.207. The molecule has 0 atom stereocenters. The van der Waals surface area contributed by atoms with E-state index in [0.29, 0.717) is 26.4 Å². The number of hydrogen-bond donors (Lipinski definition) is 1. The van der Waals surface area contributed by atoms with Crippen LogP contribution in [0.5, 0.6) is 0 Å². The molecule has 0 radical (unpaired) electrons. The van der Waals surface area contributed by atoms with Crippen molar-refractivity contribution in [2.24, 2.45) is 5.41 Å². The predicted molar refractivity (Wildman–Crippen MR) is 58.6 cm³/mol. The molecule has 5 nitrogen and oxygen atoms in total. The second-order valence-corrected chi connectivity index (χ2v) is 4.73. The third-order valence-corrected chi connectivity index (χ3v) is 4.00. The van der Waals surface area contributed by atoms with E-state index in [2.05, 4.69) is 4.98 Å². The van der Waals surface area contributed by atoms with Gasteiger partial charge in [-0.25, -0.2) is 0 Å². The zero-order chi connectivity index (χ0) is 11.9. The number of H-pyrrole nitrogens is 1. The van der Waals surface area contributed by atoms with Gasteiger partial charge in [-0.05, 0) is 12.1 Å². The van der Waals surface area contributed by atoms with E-state index in [1.807, 2.05) is 18.3 Å². The van der Waals surface area contributed by atoms with Gasteiger partial charge in [-0.2, -0.15) is 0 Å². The Balaban J connectivity index is 2.02. The Morgan fingerprint density at radius 2 is 2.06 bits per heavy atom. The zero-order valence-corrected chi connectivity index (χ0v) is 9.69. The van der Waals surface area contributed by atoms with Gasteiger partial charge in [-0.1, -0.05) is 0 Å². The van der Waals surface area contributed by atoms with E-state index in [9.17, 15) is 4.79 Å². The number of ether oxygens (including phenoxy) is 3. The molecular weight excluding hydrogens is 222 g/mol. The summed E-state index contributed by atoms with van der Waals surface area (Å²) in [6.07, 6.45) is 1.86. The summed E-state index contributed by atoms with van der Waals surface area (Å²) in [7, 11) is 1.42. The van der Waals surface area contributed by atoms with Crippen LogP contribution in [0.1, 0.15) is 5.69 Å². The van der Waals surface area contributed by atoms with E-state index in [1.165, 1.54) is 7.11 Å². The second kappa shape index (κ2) is 3.58. The Bertz CT molecular complexity index is 418. The van der Waals surface area contributed by atoms with E-state index in [-0.39, 0.29) is 11.4 Å². The molecule has 17 heavy (non-hydrogen) atoms. The number of carbonyl (C=O) groups excluding carboxylic acids is 1. The van der Waals surface area contributed by atoms with Crippen LogP contribution >= 0.6 is 0 Å². The van der Waals surface area contributed by atoms with E-state index >= 15 is 0 Å². The van der Waals surface area contributed by atoms with Crippen molar-refractivity contribution in [2.75, 3.05) is 33.5 Å². The Morgan fingerprint density at radius 1 is 1.35 bits per heavy atom. The van der Waals surface area contributed by atoms with Gasteiger partial charge in [0.1, 0.15) is 5.41 Å². The first-order chi connectivity index (χ1) is 8.25. The van der Waals surface area contributed by atoms with Crippen LogP contribution in [-0.2, 0) is 24.4 Å². The lowest BCUT2D eigenvalue weighted by atomic mass is 9.58. The predicted octanol–water partition coefficient (Wildman–Crippen LogP) is 0.472. The second-order valence-electron chi connectivity index (χ2n) is 4.73. The average Bonchev–Trinajstić information content (AvgIpc) is 2.72. The van der Waals surface area contributed by atoms with Gasteiger partial charge in [0.2, 0.25) is 0 Å². The number of methoxy groups -OCH3 is 1. The average molecular weight is 237 g/mol. The summed E-state index contributed by atoms with van der Waals surface area (Å²) in [6.45, 7) is 1.88. The third-order valence-electron chi connectivity index (χ3n) is 4.00. The van der Waals surface area contributed by atoms with Crippen LogP contribution in [-0.4, -0.2) is 44.5 Å². The number of carbonyl (C=O) groups is 1. The van der Waals surface area contributed by atoms with Crippen LogP contribution in [0.4, 0.5) is 0 Å². The maximum Gasteiger partial charge on any atom is 0.317 e. The summed E-state index contributed by atoms with van der Waals surface area (Å²) in [5.41, 5.74) is 0.115. The molecule has 0 saturated carbocycles. The van der Waals surface area contributed by atoms with Gasteiger partial charge in [-0.3, -0.25) is 4.79 Å². The van der Waals surface area contributed by atoms with Gasteiger partial charge in [0.15, 0.2) is 0 Å². The van der Waals surface area contributed by atoms with Crippen molar-refractivity contribution in [1.82, 2.24) is 4.98 Å². The Hall–Kier alpha value is -1.33. The summed E-state index contributed by atoms with van der Waals surface area (Å²) in [5.74, 6) is -0.207. The standard InChI is InChI=1S/C12H15NO4/c1-15-10(14)12(7-17-8-12)11(5-16-6-11)9-3-2-4-13-9/h2-4,13H,5-8H2,1H3. The van der Waals surface area contributed by atoms with Crippen LogP contribution in [0.15, 0.2) is 18.3 Å². The molecule has 0 spiro atoms. The molecule has 3 heterocycles. The molecule has 1 aromatic heterocycles. The third kappa shape index (κ3) is 1.18. The van der Waals surface area contributed by atoms with Crippen molar-refractivity contribution < 1.29 is 19.0 Å². The molecule has 1 aromatic rings. The first-order valence-electron chi connectivity index (χ1n) is 5.63. The minimum Gasteiger partial charge on any atom is -0.468 e. The molecule has 5 heteroatoms. The van der Waals surface area contributed by atoms with Crippen LogP contribution in [0, 0.1) is 5.41 Å². The van der Waals surface area contributed by atoms with E-state index in [4.69, 9.17) is 14.2 Å². The van der Waals surface area contributed by atoms with Crippen molar-refractivity contribution >= 4 is 5.97 Å².